The summed E-state index contributed by atoms with van der Waals surface area (Å²) in [5, 5.41) is 0. The Morgan fingerprint density at radius 2 is 2.12 bits per heavy atom. The Morgan fingerprint density at radius 3 is 2.71 bits per heavy atom. The van der Waals surface area contributed by atoms with E-state index < -0.39 is 21.4 Å². The standard InChI is InChI=1S/C9H12F3NO3S/c1-13-7-3-2-5-8(13,6-4-7)16-17(14,15)9(10,11)12/h2,5,7H,3-4,6H2,1H3/t7-,8-/m1/s1. The normalized spacial score (nSPS) is 34.2. The largest absolute Gasteiger partial charge is 0.523 e. The van der Waals surface area contributed by atoms with E-state index in [0.29, 0.717) is 12.8 Å². The van der Waals surface area contributed by atoms with Crippen LogP contribution >= 0.6 is 0 Å². The fraction of sp³-hybridized carbons (Fsp3) is 0.778. The molecule has 17 heavy (non-hydrogen) atoms. The maximum atomic E-state index is 12.3. The van der Waals surface area contributed by atoms with Gasteiger partial charge in [0.1, 0.15) is 0 Å². The maximum absolute atomic E-state index is 12.3. The van der Waals surface area contributed by atoms with Crippen LogP contribution in [-0.2, 0) is 14.3 Å². The highest BCUT2D eigenvalue weighted by atomic mass is 32.2. The zero-order chi connectivity index (χ0) is 12.9. The summed E-state index contributed by atoms with van der Waals surface area (Å²) < 4.78 is 63.3. The van der Waals surface area contributed by atoms with Crippen molar-refractivity contribution in [1.29, 1.82) is 0 Å². The third-order valence-corrected chi connectivity index (χ3v) is 4.38. The lowest BCUT2D eigenvalue weighted by molar-refractivity contribution is -0.0791. The predicted octanol–water partition coefficient (Wildman–Crippen LogP) is 1.60. The van der Waals surface area contributed by atoms with Gasteiger partial charge in [-0.15, -0.1) is 0 Å². The van der Waals surface area contributed by atoms with E-state index in [-0.39, 0.29) is 12.5 Å². The second kappa shape index (κ2) is 3.69. The molecule has 1 saturated heterocycles. The van der Waals surface area contributed by atoms with Crippen molar-refractivity contribution in [3.8, 4) is 0 Å². The number of rotatable bonds is 2. The van der Waals surface area contributed by atoms with Crippen molar-refractivity contribution in [2.45, 2.75) is 36.5 Å². The van der Waals surface area contributed by atoms with Gasteiger partial charge in [0.15, 0.2) is 5.72 Å². The molecule has 2 aliphatic rings. The molecule has 2 atom stereocenters. The molecule has 4 nitrogen and oxygen atoms in total. The highest BCUT2D eigenvalue weighted by Crippen LogP contribution is 2.42. The molecule has 2 rings (SSSR count). The van der Waals surface area contributed by atoms with Crippen LogP contribution in [-0.4, -0.2) is 37.6 Å². The van der Waals surface area contributed by atoms with Gasteiger partial charge in [0.25, 0.3) is 0 Å². The van der Waals surface area contributed by atoms with Crippen molar-refractivity contribution in [3.05, 3.63) is 12.2 Å². The first-order valence-corrected chi connectivity index (χ1v) is 6.51. The van der Waals surface area contributed by atoms with E-state index in [1.165, 1.54) is 6.08 Å². The van der Waals surface area contributed by atoms with Crippen LogP contribution in [0.4, 0.5) is 13.2 Å². The summed E-state index contributed by atoms with van der Waals surface area (Å²) >= 11 is 0. The highest BCUT2D eigenvalue weighted by Gasteiger charge is 2.55. The summed E-state index contributed by atoms with van der Waals surface area (Å²) in [5.74, 6) is 0. The Morgan fingerprint density at radius 1 is 1.47 bits per heavy atom. The first-order valence-electron chi connectivity index (χ1n) is 5.10. The SMILES string of the molecule is CN1[C@@H]2CC=C[C@@]1(OS(=O)(=O)C(F)(F)F)CC2. The van der Waals surface area contributed by atoms with E-state index in [4.69, 9.17) is 0 Å². The van der Waals surface area contributed by atoms with E-state index in [2.05, 4.69) is 4.18 Å². The average molecular weight is 271 g/mol. The number of hydrogen-bond acceptors (Lipinski definition) is 4. The third-order valence-electron chi connectivity index (χ3n) is 3.30. The molecule has 98 valence electrons. The van der Waals surface area contributed by atoms with Crippen molar-refractivity contribution in [2.24, 2.45) is 0 Å². The van der Waals surface area contributed by atoms with Crippen molar-refractivity contribution in [1.82, 2.24) is 4.90 Å². The second-order valence-corrected chi connectivity index (χ2v) is 5.81. The molecule has 0 aromatic carbocycles. The molecule has 0 spiro atoms. The predicted molar refractivity (Wildman–Crippen MR) is 53.3 cm³/mol. The van der Waals surface area contributed by atoms with Crippen molar-refractivity contribution in [3.63, 3.8) is 0 Å². The van der Waals surface area contributed by atoms with Crippen LogP contribution in [0.5, 0.6) is 0 Å². The Hall–Kier alpha value is -0.600. The number of hydrogen-bond donors (Lipinski definition) is 0. The molecule has 0 aromatic rings. The van der Waals surface area contributed by atoms with Crippen LogP contribution in [0.25, 0.3) is 0 Å². The van der Waals surface area contributed by atoms with Gasteiger partial charge in [0, 0.05) is 6.04 Å². The van der Waals surface area contributed by atoms with Crippen molar-refractivity contribution >= 4 is 10.1 Å². The summed E-state index contributed by atoms with van der Waals surface area (Å²) in [6, 6.07) is 0.0448. The number of fused-ring (bicyclic) bond motifs is 2. The van der Waals surface area contributed by atoms with Crippen LogP contribution in [0.15, 0.2) is 12.2 Å². The van der Waals surface area contributed by atoms with Crippen LogP contribution in [0, 0.1) is 0 Å². The fourth-order valence-electron chi connectivity index (χ4n) is 2.30. The van der Waals surface area contributed by atoms with Gasteiger partial charge in [0.2, 0.25) is 0 Å². The number of nitrogens with zero attached hydrogens (tertiary/aromatic N) is 1. The minimum atomic E-state index is -5.57. The van der Waals surface area contributed by atoms with Crippen LogP contribution < -0.4 is 0 Å². The molecule has 1 fully saturated rings. The minimum Gasteiger partial charge on any atom is -0.271 e. The quantitative estimate of drug-likeness (QED) is 0.435. The second-order valence-electron chi connectivity index (χ2n) is 4.27. The lowest BCUT2D eigenvalue weighted by Gasteiger charge is -2.37. The molecule has 0 N–H and O–H groups in total. The van der Waals surface area contributed by atoms with Gasteiger partial charge in [-0.3, -0.25) is 4.90 Å². The molecule has 0 aliphatic carbocycles. The van der Waals surface area contributed by atoms with Crippen LogP contribution in [0.1, 0.15) is 19.3 Å². The van der Waals surface area contributed by atoms with Crippen molar-refractivity contribution < 1.29 is 25.8 Å². The third kappa shape index (κ3) is 1.98. The smallest absolute Gasteiger partial charge is 0.271 e. The molecule has 8 heteroatoms. The van der Waals surface area contributed by atoms with E-state index in [9.17, 15) is 21.6 Å². The maximum Gasteiger partial charge on any atom is 0.523 e. The zero-order valence-corrected chi connectivity index (χ0v) is 9.88. The number of halogens is 3. The topological polar surface area (TPSA) is 46.6 Å². The molecule has 0 amide bonds. The molecular formula is C9H12F3NO3S. The number of likely N-dealkylation sites (N-methyl/N-ethyl adjacent to an activating group) is 1. The van der Waals surface area contributed by atoms with Gasteiger partial charge < -0.3 is 0 Å². The van der Waals surface area contributed by atoms with Gasteiger partial charge in [0.05, 0.1) is 0 Å². The summed E-state index contributed by atoms with van der Waals surface area (Å²) in [5.41, 5.74) is -6.84. The summed E-state index contributed by atoms with van der Waals surface area (Å²) in [6.07, 6.45) is 4.65. The number of alkyl halides is 3. The summed E-state index contributed by atoms with van der Waals surface area (Å²) in [6.45, 7) is 0. The minimum absolute atomic E-state index is 0.0448. The van der Waals surface area contributed by atoms with Gasteiger partial charge in [-0.1, -0.05) is 6.08 Å². The molecular weight excluding hydrogens is 259 g/mol. The van der Waals surface area contributed by atoms with Gasteiger partial charge in [-0.2, -0.15) is 21.6 Å². The lowest BCUT2D eigenvalue weighted by Crippen LogP contribution is -2.50. The van der Waals surface area contributed by atoms with E-state index >= 15 is 0 Å². The zero-order valence-electron chi connectivity index (χ0n) is 9.07. The Bertz CT molecular complexity index is 445. The van der Waals surface area contributed by atoms with Gasteiger partial charge in [-0.25, -0.2) is 4.18 Å². The molecule has 2 aliphatic heterocycles. The first-order chi connectivity index (χ1) is 7.68. The monoisotopic (exact) mass is 271 g/mol. The molecule has 2 bridgehead atoms. The van der Waals surface area contributed by atoms with E-state index in [0.717, 1.165) is 0 Å². The molecule has 2 heterocycles. The highest BCUT2D eigenvalue weighted by molar-refractivity contribution is 7.87. The summed E-state index contributed by atoms with van der Waals surface area (Å²) in [7, 11) is -3.99. The Balaban J connectivity index is 2.30. The molecule has 0 saturated carbocycles. The van der Waals surface area contributed by atoms with Gasteiger partial charge in [-0.05, 0) is 32.4 Å². The van der Waals surface area contributed by atoms with Crippen molar-refractivity contribution in [2.75, 3.05) is 7.05 Å². The molecule has 0 unspecified atom stereocenters. The average Bonchev–Trinajstić information content (AvgIpc) is 2.38. The van der Waals surface area contributed by atoms with Crippen LogP contribution in [0.2, 0.25) is 0 Å². The Kier molecular flexibility index (Phi) is 2.79. The molecule has 0 radical (unpaired) electrons. The first kappa shape index (κ1) is 12.8. The summed E-state index contributed by atoms with van der Waals surface area (Å²) in [4.78, 5) is 1.55. The van der Waals surface area contributed by atoms with E-state index in [1.54, 1.807) is 18.0 Å². The van der Waals surface area contributed by atoms with Gasteiger partial charge >= 0.3 is 15.6 Å². The Labute approximate surface area is 97.2 Å². The van der Waals surface area contributed by atoms with Crippen LogP contribution in [0.3, 0.4) is 0 Å². The fourth-order valence-corrected chi connectivity index (χ4v) is 3.03. The van der Waals surface area contributed by atoms with E-state index in [1.807, 2.05) is 0 Å². The molecule has 0 aromatic heterocycles. The lowest BCUT2D eigenvalue weighted by atomic mass is 10.1.